The standard InChI is InChI=1S/C21H20O11/c1-7-16(26)18(28)19(29)21(30-7)32-20-14(8-2-3-10(23)11(24)4-8)17(27)15-12(25)5-9(22)6-13(15)31-20/h2-7,16,18-19,21-26,28-29H,1H3/t7-,16-,18+,19+,21+/m0/s1. The van der Waals surface area contributed by atoms with Crippen LogP contribution in [0.25, 0.3) is 22.1 Å². The maximum absolute atomic E-state index is 13.3. The monoisotopic (exact) mass is 448 g/mol. The van der Waals surface area contributed by atoms with Crippen molar-refractivity contribution in [2.75, 3.05) is 0 Å². The largest absolute Gasteiger partial charge is 0.508 e. The van der Waals surface area contributed by atoms with E-state index in [1.54, 1.807) is 0 Å². The van der Waals surface area contributed by atoms with Crippen LogP contribution in [0.15, 0.2) is 39.5 Å². The van der Waals surface area contributed by atoms with Gasteiger partial charge in [0.15, 0.2) is 11.5 Å². The molecule has 11 nitrogen and oxygen atoms in total. The zero-order chi connectivity index (χ0) is 23.3. The average Bonchev–Trinajstić information content (AvgIpc) is 2.72. The van der Waals surface area contributed by atoms with E-state index in [0.29, 0.717) is 0 Å². The Morgan fingerprint density at radius 3 is 2.28 bits per heavy atom. The van der Waals surface area contributed by atoms with E-state index in [-0.39, 0.29) is 22.1 Å². The molecule has 5 atom stereocenters. The molecular formula is C21H20O11. The van der Waals surface area contributed by atoms with Crippen LogP contribution in [0.2, 0.25) is 0 Å². The zero-order valence-electron chi connectivity index (χ0n) is 16.5. The van der Waals surface area contributed by atoms with Gasteiger partial charge in [0.25, 0.3) is 5.95 Å². The number of hydrogen-bond donors (Lipinski definition) is 7. The first-order chi connectivity index (χ1) is 15.1. The Bertz CT molecular complexity index is 1230. The Balaban J connectivity index is 1.92. The van der Waals surface area contributed by atoms with Crippen molar-refractivity contribution in [3.63, 3.8) is 0 Å². The lowest BCUT2D eigenvalue weighted by Gasteiger charge is -2.38. The number of rotatable bonds is 3. The smallest absolute Gasteiger partial charge is 0.299 e. The number of hydrogen-bond acceptors (Lipinski definition) is 11. The zero-order valence-corrected chi connectivity index (χ0v) is 16.5. The Kier molecular flexibility index (Phi) is 5.34. The molecule has 2 aromatic carbocycles. The molecule has 0 spiro atoms. The fourth-order valence-corrected chi connectivity index (χ4v) is 3.49. The molecule has 7 N–H and O–H groups in total. The molecule has 2 heterocycles. The SMILES string of the molecule is C[C@@H]1O[C@H](Oc2oc3cc(O)cc(O)c3c(=O)c2-c2ccc(O)c(O)c2)[C@H](O)[C@H](O)[C@H]1O. The van der Waals surface area contributed by atoms with E-state index in [2.05, 4.69) is 0 Å². The van der Waals surface area contributed by atoms with Gasteiger partial charge in [-0.1, -0.05) is 6.07 Å². The highest BCUT2D eigenvalue weighted by molar-refractivity contribution is 5.89. The molecule has 170 valence electrons. The van der Waals surface area contributed by atoms with Gasteiger partial charge in [-0.15, -0.1) is 0 Å². The third kappa shape index (κ3) is 3.56. The molecule has 0 bridgehead atoms. The average molecular weight is 448 g/mol. The molecular weight excluding hydrogens is 428 g/mol. The number of fused-ring (bicyclic) bond motifs is 1. The van der Waals surface area contributed by atoms with Crippen LogP contribution >= 0.6 is 0 Å². The number of aliphatic hydroxyl groups is 3. The van der Waals surface area contributed by atoms with Crippen LogP contribution < -0.4 is 10.2 Å². The summed E-state index contributed by atoms with van der Waals surface area (Å²) in [5, 5.41) is 69.3. The Morgan fingerprint density at radius 2 is 1.59 bits per heavy atom. The van der Waals surface area contributed by atoms with Crippen LogP contribution in [0.4, 0.5) is 0 Å². The summed E-state index contributed by atoms with van der Waals surface area (Å²) in [6, 6.07) is 5.43. The minimum atomic E-state index is -1.72. The van der Waals surface area contributed by atoms with E-state index in [1.807, 2.05) is 0 Å². The van der Waals surface area contributed by atoms with Crippen molar-refractivity contribution in [3.05, 3.63) is 40.6 Å². The van der Waals surface area contributed by atoms with Crippen molar-refractivity contribution in [1.29, 1.82) is 0 Å². The molecule has 0 aliphatic carbocycles. The normalized spacial score (nSPS) is 25.7. The van der Waals surface area contributed by atoms with Gasteiger partial charge in [-0.05, 0) is 24.6 Å². The summed E-state index contributed by atoms with van der Waals surface area (Å²) in [6.45, 7) is 1.43. The van der Waals surface area contributed by atoms with E-state index in [4.69, 9.17) is 13.9 Å². The summed E-state index contributed by atoms with van der Waals surface area (Å²) >= 11 is 0. The third-order valence-corrected chi connectivity index (χ3v) is 5.22. The molecule has 0 amide bonds. The van der Waals surface area contributed by atoms with Crippen LogP contribution in [-0.2, 0) is 4.74 Å². The first kappa shape index (κ1) is 21.7. The molecule has 1 fully saturated rings. The van der Waals surface area contributed by atoms with Gasteiger partial charge >= 0.3 is 0 Å². The summed E-state index contributed by atoms with van der Waals surface area (Å²) in [6.07, 6.45) is -7.25. The van der Waals surface area contributed by atoms with Crippen molar-refractivity contribution in [2.45, 2.75) is 37.6 Å². The predicted molar refractivity (Wildman–Crippen MR) is 108 cm³/mol. The quantitative estimate of drug-likeness (QED) is 0.276. The molecule has 3 aromatic rings. The van der Waals surface area contributed by atoms with Gasteiger partial charge < -0.3 is 49.6 Å². The van der Waals surface area contributed by atoms with Crippen molar-refractivity contribution in [3.8, 4) is 40.1 Å². The number of aliphatic hydroxyl groups excluding tert-OH is 3. The van der Waals surface area contributed by atoms with Crippen LogP contribution in [-0.4, -0.2) is 66.5 Å². The van der Waals surface area contributed by atoms with Gasteiger partial charge in [0.1, 0.15) is 46.3 Å². The first-order valence-electron chi connectivity index (χ1n) is 9.50. The van der Waals surface area contributed by atoms with Crippen molar-refractivity contribution < 1.29 is 49.6 Å². The highest BCUT2D eigenvalue weighted by atomic mass is 16.7. The van der Waals surface area contributed by atoms with E-state index in [0.717, 1.165) is 24.3 Å². The summed E-state index contributed by atoms with van der Waals surface area (Å²) in [7, 11) is 0. The molecule has 1 aliphatic rings. The van der Waals surface area contributed by atoms with Crippen LogP contribution in [0.3, 0.4) is 0 Å². The minimum Gasteiger partial charge on any atom is -0.508 e. The van der Waals surface area contributed by atoms with Gasteiger partial charge in [0.2, 0.25) is 11.7 Å². The fraction of sp³-hybridized carbons (Fsp3) is 0.286. The maximum atomic E-state index is 13.3. The molecule has 4 rings (SSSR count). The minimum absolute atomic E-state index is 0.0253. The van der Waals surface area contributed by atoms with Gasteiger partial charge in [0, 0.05) is 12.1 Å². The second-order valence-electron chi connectivity index (χ2n) is 7.43. The molecule has 1 aliphatic heterocycles. The number of benzene rings is 2. The highest BCUT2D eigenvalue weighted by Crippen LogP contribution is 2.39. The lowest BCUT2D eigenvalue weighted by molar-refractivity contribution is -0.270. The highest BCUT2D eigenvalue weighted by Gasteiger charge is 2.44. The summed E-state index contributed by atoms with van der Waals surface area (Å²) in [4.78, 5) is 13.3. The predicted octanol–water partition coefficient (Wildman–Crippen LogP) is 0.489. The third-order valence-electron chi connectivity index (χ3n) is 5.22. The molecule has 32 heavy (non-hydrogen) atoms. The Hall–Kier alpha value is -3.51. The van der Waals surface area contributed by atoms with E-state index < -0.39 is 65.1 Å². The first-order valence-corrected chi connectivity index (χ1v) is 9.50. The Morgan fingerprint density at radius 1 is 0.875 bits per heavy atom. The van der Waals surface area contributed by atoms with Crippen molar-refractivity contribution in [2.24, 2.45) is 0 Å². The maximum Gasteiger partial charge on any atom is 0.299 e. The van der Waals surface area contributed by atoms with Crippen LogP contribution in [0.1, 0.15) is 6.92 Å². The second-order valence-corrected chi connectivity index (χ2v) is 7.43. The van der Waals surface area contributed by atoms with Gasteiger partial charge in [-0.25, -0.2) is 0 Å². The topological polar surface area (TPSA) is 190 Å². The number of phenols is 4. The lowest BCUT2D eigenvalue weighted by Crippen LogP contribution is -2.58. The van der Waals surface area contributed by atoms with Crippen molar-refractivity contribution in [1.82, 2.24) is 0 Å². The molecule has 1 saturated heterocycles. The number of aromatic hydroxyl groups is 4. The fourth-order valence-electron chi connectivity index (χ4n) is 3.49. The van der Waals surface area contributed by atoms with Gasteiger partial charge in [0.05, 0.1) is 6.10 Å². The molecule has 11 heteroatoms. The van der Waals surface area contributed by atoms with Gasteiger partial charge in [-0.3, -0.25) is 4.79 Å². The number of phenolic OH excluding ortho intramolecular Hbond substituents is 4. The summed E-state index contributed by atoms with van der Waals surface area (Å²) < 4.78 is 16.5. The molecule has 0 unspecified atom stereocenters. The molecule has 0 radical (unpaired) electrons. The van der Waals surface area contributed by atoms with E-state index in [1.165, 1.54) is 13.0 Å². The Labute approximate surface area is 179 Å². The number of ether oxygens (including phenoxy) is 2. The van der Waals surface area contributed by atoms with E-state index >= 15 is 0 Å². The molecule has 0 saturated carbocycles. The summed E-state index contributed by atoms with van der Waals surface area (Å²) in [5.74, 6) is -2.52. The van der Waals surface area contributed by atoms with Crippen molar-refractivity contribution >= 4 is 11.0 Å². The van der Waals surface area contributed by atoms with E-state index in [9.17, 15) is 40.5 Å². The van der Waals surface area contributed by atoms with Crippen LogP contribution in [0.5, 0.6) is 28.9 Å². The van der Waals surface area contributed by atoms with Crippen LogP contribution in [0, 0.1) is 0 Å². The summed E-state index contributed by atoms with van der Waals surface area (Å²) in [5.41, 5.74) is -1.36. The molecule has 1 aromatic heterocycles. The second kappa shape index (κ2) is 7.88. The van der Waals surface area contributed by atoms with Gasteiger partial charge in [-0.2, -0.15) is 0 Å². The lowest BCUT2D eigenvalue weighted by atomic mass is 10.00.